The molecule has 0 bridgehead atoms. The van der Waals surface area contributed by atoms with Crippen LogP contribution in [-0.4, -0.2) is 50.0 Å². The van der Waals surface area contributed by atoms with Crippen LogP contribution in [0.25, 0.3) is 0 Å². The molecule has 0 spiro atoms. The third-order valence-corrected chi connectivity index (χ3v) is 7.65. The summed E-state index contributed by atoms with van der Waals surface area (Å²) >= 11 is 6.07. The summed E-state index contributed by atoms with van der Waals surface area (Å²) in [5, 5.41) is 3.56. The Bertz CT molecular complexity index is 1300. The molecule has 3 aromatic rings. The first-order valence-corrected chi connectivity index (χ1v) is 14.7. The number of benzene rings is 3. The standard InChI is InChI=1S/C29H34ClN3O4S/c1-4-22(2)31-29(35)27(19-23-11-7-5-8-12-23)32(20-24-15-17-25(30)18-16-24)28(34)21-33(38(3,36)37)26-13-9-6-10-14-26/h5-18,22,27H,4,19-21H2,1-3H3,(H,31,35). The second-order valence-electron chi connectivity index (χ2n) is 9.28. The van der Waals surface area contributed by atoms with Crippen molar-refractivity contribution in [1.29, 1.82) is 0 Å². The van der Waals surface area contributed by atoms with Crippen LogP contribution >= 0.6 is 11.6 Å². The van der Waals surface area contributed by atoms with Crippen LogP contribution in [0, 0.1) is 0 Å². The first-order chi connectivity index (χ1) is 18.1. The van der Waals surface area contributed by atoms with Gasteiger partial charge in [0.05, 0.1) is 11.9 Å². The molecule has 202 valence electrons. The minimum Gasteiger partial charge on any atom is -0.352 e. The summed E-state index contributed by atoms with van der Waals surface area (Å²) in [6, 6.07) is 24.0. The average molecular weight is 556 g/mol. The second kappa shape index (κ2) is 13.4. The van der Waals surface area contributed by atoms with Crippen molar-refractivity contribution >= 4 is 39.1 Å². The predicted octanol–water partition coefficient (Wildman–Crippen LogP) is 4.66. The topological polar surface area (TPSA) is 86.8 Å². The maximum absolute atomic E-state index is 14.0. The van der Waals surface area contributed by atoms with E-state index in [2.05, 4.69) is 5.32 Å². The first kappa shape index (κ1) is 29.2. The van der Waals surface area contributed by atoms with Crippen molar-refractivity contribution in [3.8, 4) is 0 Å². The third-order valence-electron chi connectivity index (χ3n) is 6.26. The Hall–Kier alpha value is -3.36. The van der Waals surface area contributed by atoms with E-state index in [1.807, 2.05) is 44.2 Å². The molecule has 0 heterocycles. The molecule has 2 amide bonds. The number of sulfonamides is 1. The third kappa shape index (κ3) is 8.33. The Kier molecular flexibility index (Phi) is 10.3. The molecule has 3 rings (SSSR count). The number of nitrogens with one attached hydrogen (secondary N) is 1. The number of hydrogen-bond acceptors (Lipinski definition) is 4. The van der Waals surface area contributed by atoms with E-state index < -0.39 is 28.5 Å². The average Bonchev–Trinajstić information content (AvgIpc) is 2.90. The van der Waals surface area contributed by atoms with E-state index in [1.54, 1.807) is 54.6 Å². The minimum atomic E-state index is -3.78. The van der Waals surface area contributed by atoms with Gasteiger partial charge < -0.3 is 10.2 Å². The van der Waals surface area contributed by atoms with Gasteiger partial charge in [-0.3, -0.25) is 13.9 Å². The number of hydrogen-bond donors (Lipinski definition) is 1. The zero-order chi connectivity index (χ0) is 27.7. The van der Waals surface area contributed by atoms with Gasteiger partial charge in [0.1, 0.15) is 12.6 Å². The number of carbonyl (C=O) groups excluding carboxylic acids is 2. The second-order valence-corrected chi connectivity index (χ2v) is 11.6. The highest BCUT2D eigenvalue weighted by Gasteiger charge is 2.33. The molecule has 9 heteroatoms. The molecule has 1 N–H and O–H groups in total. The lowest BCUT2D eigenvalue weighted by atomic mass is 10.0. The molecule has 3 aromatic carbocycles. The molecule has 38 heavy (non-hydrogen) atoms. The number of amides is 2. The number of para-hydroxylation sites is 1. The van der Waals surface area contributed by atoms with Gasteiger partial charge in [0.2, 0.25) is 21.8 Å². The first-order valence-electron chi connectivity index (χ1n) is 12.5. The van der Waals surface area contributed by atoms with Gasteiger partial charge in [-0.05, 0) is 48.7 Å². The van der Waals surface area contributed by atoms with Crippen LogP contribution in [-0.2, 0) is 32.6 Å². The van der Waals surface area contributed by atoms with Crippen molar-refractivity contribution < 1.29 is 18.0 Å². The molecule has 0 fully saturated rings. The molecule has 2 atom stereocenters. The zero-order valence-electron chi connectivity index (χ0n) is 21.9. The Balaban J connectivity index is 2.03. The van der Waals surface area contributed by atoms with Crippen LogP contribution in [0.3, 0.4) is 0 Å². The highest BCUT2D eigenvalue weighted by molar-refractivity contribution is 7.92. The van der Waals surface area contributed by atoms with Gasteiger partial charge in [0, 0.05) is 24.0 Å². The maximum atomic E-state index is 14.0. The van der Waals surface area contributed by atoms with Gasteiger partial charge in [0.15, 0.2) is 0 Å². The summed E-state index contributed by atoms with van der Waals surface area (Å²) in [6.07, 6.45) is 2.06. The van der Waals surface area contributed by atoms with E-state index in [0.29, 0.717) is 10.7 Å². The van der Waals surface area contributed by atoms with E-state index in [1.165, 1.54) is 4.90 Å². The largest absolute Gasteiger partial charge is 0.352 e. The summed E-state index contributed by atoms with van der Waals surface area (Å²) in [7, 11) is -3.78. The predicted molar refractivity (Wildman–Crippen MR) is 152 cm³/mol. The lowest BCUT2D eigenvalue weighted by molar-refractivity contribution is -0.140. The summed E-state index contributed by atoms with van der Waals surface area (Å²) in [5.74, 6) is -0.786. The number of rotatable bonds is 12. The van der Waals surface area contributed by atoms with Gasteiger partial charge in [-0.2, -0.15) is 0 Å². The van der Waals surface area contributed by atoms with Crippen molar-refractivity contribution in [2.24, 2.45) is 0 Å². The molecule has 0 aromatic heterocycles. The lowest BCUT2D eigenvalue weighted by Gasteiger charge is -2.34. The number of anilines is 1. The summed E-state index contributed by atoms with van der Waals surface area (Å²) in [5.41, 5.74) is 2.02. The van der Waals surface area contributed by atoms with Gasteiger partial charge in [-0.1, -0.05) is 79.2 Å². The Morgan fingerprint density at radius 2 is 1.47 bits per heavy atom. The van der Waals surface area contributed by atoms with Crippen LogP contribution in [0.1, 0.15) is 31.4 Å². The van der Waals surface area contributed by atoms with Gasteiger partial charge in [-0.25, -0.2) is 8.42 Å². The van der Waals surface area contributed by atoms with Crippen LogP contribution in [0.15, 0.2) is 84.9 Å². The monoisotopic (exact) mass is 555 g/mol. The van der Waals surface area contributed by atoms with Crippen LogP contribution < -0.4 is 9.62 Å². The van der Waals surface area contributed by atoms with E-state index in [-0.39, 0.29) is 24.9 Å². The van der Waals surface area contributed by atoms with Gasteiger partial charge >= 0.3 is 0 Å². The fourth-order valence-corrected chi connectivity index (χ4v) is 4.97. The van der Waals surface area contributed by atoms with Crippen molar-refractivity contribution in [3.63, 3.8) is 0 Å². The minimum absolute atomic E-state index is 0.0925. The van der Waals surface area contributed by atoms with Crippen molar-refractivity contribution in [3.05, 3.63) is 101 Å². The highest BCUT2D eigenvalue weighted by atomic mass is 35.5. The SMILES string of the molecule is CCC(C)NC(=O)C(Cc1ccccc1)N(Cc1ccc(Cl)cc1)C(=O)CN(c1ccccc1)S(C)(=O)=O. The highest BCUT2D eigenvalue weighted by Crippen LogP contribution is 2.21. The summed E-state index contributed by atoms with van der Waals surface area (Å²) in [4.78, 5) is 29.0. The number of carbonyl (C=O) groups is 2. The smallest absolute Gasteiger partial charge is 0.244 e. The van der Waals surface area contributed by atoms with E-state index >= 15 is 0 Å². The molecule has 0 saturated carbocycles. The molecule has 0 aliphatic heterocycles. The molecular formula is C29H34ClN3O4S. The fourth-order valence-electron chi connectivity index (χ4n) is 3.99. The maximum Gasteiger partial charge on any atom is 0.244 e. The molecule has 0 saturated heterocycles. The number of halogens is 1. The normalized spacial score (nSPS) is 12.8. The molecule has 0 aliphatic carbocycles. The quantitative estimate of drug-likeness (QED) is 0.352. The lowest BCUT2D eigenvalue weighted by Crippen LogP contribution is -2.54. The summed E-state index contributed by atoms with van der Waals surface area (Å²) < 4.78 is 26.5. The van der Waals surface area contributed by atoms with Crippen molar-refractivity contribution in [2.45, 2.75) is 45.3 Å². The number of nitrogens with zero attached hydrogens (tertiary/aromatic N) is 2. The Labute approximate surface area is 230 Å². The molecule has 0 aliphatic rings. The van der Waals surface area contributed by atoms with Gasteiger partial charge in [-0.15, -0.1) is 0 Å². The van der Waals surface area contributed by atoms with Gasteiger partial charge in [0.25, 0.3) is 0 Å². The van der Waals surface area contributed by atoms with Crippen LogP contribution in [0.4, 0.5) is 5.69 Å². The van der Waals surface area contributed by atoms with E-state index in [4.69, 9.17) is 11.6 Å². The van der Waals surface area contributed by atoms with Crippen LogP contribution in [0.5, 0.6) is 0 Å². The molecule has 0 radical (unpaired) electrons. The summed E-state index contributed by atoms with van der Waals surface area (Å²) in [6.45, 7) is 3.54. The Morgan fingerprint density at radius 1 is 0.895 bits per heavy atom. The van der Waals surface area contributed by atoms with Crippen molar-refractivity contribution in [1.82, 2.24) is 10.2 Å². The molecular weight excluding hydrogens is 522 g/mol. The Morgan fingerprint density at radius 3 is 2.03 bits per heavy atom. The van der Waals surface area contributed by atoms with Crippen LogP contribution in [0.2, 0.25) is 5.02 Å². The molecule has 7 nitrogen and oxygen atoms in total. The van der Waals surface area contributed by atoms with E-state index in [9.17, 15) is 18.0 Å². The zero-order valence-corrected chi connectivity index (χ0v) is 23.5. The van der Waals surface area contributed by atoms with Crippen molar-refractivity contribution in [2.75, 3.05) is 17.1 Å². The molecule has 2 unspecified atom stereocenters. The fraction of sp³-hybridized carbons (Fsp3) is 0.310. The van der Waals surface area contributed by atoms with E-state index in [0.717, 1.165) is 28.1 Å².